The Kier molecular flexibility index (Phi) is 5.37. The zero-order chi connectivity index (χ0) is 18.9. The van der Waals surface area contributed by atoms with E-state index in [9.17, 15) is 26.8 Å². The smallest absolute Gasteiger partial charge is 0.248 e. The Hall–Kier alpha value is -1.51. The van der Waals surface area contributed by atoms with Gasteiger partial charge in [-0.2, -0.15) is 0 Å². The molecule has 0 spiro atoms. The molecule has 1 aliphatic heterocycles. The second-order valence-corrected chi connectivity index (χ2v) is 9.81. The molecule has 3 atom stereocenters. The molecule has 0 aromatic rings. The van der Waals surface area contributed by atoms with Gasteiger partial charge in [-0.15, -0.1) is 0 Å². The van der Waals surface area contributed by atoms with Crippen LogP contribution < -0.4 is 10.6 Å². The zero-order valence-electron chi connectivity index (χ0n) is 14.4. The summed E-state index contributed by atoms with van der Waals surface area (Å²) < 4.78 is 49.6. The van der Waals surface area contributed by atoms with Crippen LogP contribution in [0.3, 0.4) is 0 Å². The highest BCUT2D eigenvalue weighted by molar-refractivity contribution is 7.91. The number of amides is 2. The van der Waals surface area contributed by atoms with Crippen molar-refractivity contribution in [1.82, 2.24) is 10.6 Å². The molecular formula is C17H24F2N2O4S. The second-order valence-electron chi connectivity index (χ2n) is 7.66. The normalized spacial score (nSPS) is 32.6. The van der Waals surface area contributed by atoms with E-state index in [0.29, 0.717) is 12.8 Å². The predicted molar refractivity (Wildman–Crippen MR) is 91.2 cm³/mol. The zero-order valence-corrected chi connectivity index (χ0v) is 15.2. The summed E-state index contributed by atoms with van der Waals surface area (Å²) in [7, 11) is -3.42. The fraction of sp³-hybridized carbons (Fsp3) is 0.765. The topological polar surface area (TPSA) is 92.3 Å². The molecule has 2 amide bonds. The maximum atomic E-state index is 12.9. The van der Waals surface area contributed by atoms with Gasteiger partial charge >= 0.3 is 0 Å². The van der Waals surface area contributed by atoms with Crippen molar-refractivity contribution in [2.75, 3.05) is 18.1 Å². The highest BCUT2D eigenvalue weighted by Crippen LogP contribution is 2.41. The van der Waals surface area contributed by atoms with E-state index in [1.165, 1.54) is 0 Å². The van der Waals surface area contributed by atoms with Crippen molar-refractivity contribution >= 4 is 21.7 Å². The molecule has 1 unspecified atom stereocenters. The lowest BCUT2D eigenvalue weighted by atomic mass is 9.81. The van der Waals surface area contributed by atoms with Crippen LogP contribution in [0.15, 0.2) is 12.2 Å². The largest absolute Gasteiger partial charge is 0.355 e. The van der Waals surface area contributed by atoms with Crippen LogP contribution in [0, 0.1) is 17.8 Å². The van der Waals surface area contributed by atoms with Gasteiger partial charge in [0.1, 0.15) is 0 Å². The third-order valence-corrected chi connectivity index (χ3v) is 7.13. The number of hydrogen-bond acceptors (Lipinski definition) is 4. The van der Waals surface area contributed by atoms with Crippen molar-refractivity contribution in [2.24, 2.45) is 17.8 Å². The predicted octanol–water partition coefficient (Wildman–Crippen LogP) is 1.03. The number of rotatable bonds is 5. The van der Waals surface area contributed by atoms with Crippen molar-refractivity contribution < 1.29 is 26.8 Å². The summed E-state index contributed by atoms with van der Waals surface area (Å²) >= 11 is 0. The summed E-state index contributed by atoms with van der Waals surface area (Å²) in [6, 6.07) is -0.763. The summed E-state index contributed by atoms with van der Waals surface area (Å²) in [6.07, 6.45) is 5.53. The van der Waals surface area contributed by atoms with Crippen LogP contribution in [0.2, 0.25) is 0 Å². The molecule has 146 valence electrons. The van der Waals surface area contributed by atoms with Crippen molar-refractivity contribution in [3.8, 4) is 0 Å². The lowest BCUT2D eigenvalue weighted by Crippen LogP contribution is -2.49. The van der Waals surface area contributed by atoms with Crippen LogP contribution in [-0.2, 0) is 19.4 Å². The second kappa shape index (κ2) is 7.25. The molecule has 1 heterocycles. The summed E-state index contributed by atoms with van der Waals surface area (Å²) in [4.78, 5) is 24.8. The number of allylic oxidation sites excluding steroid dienone is 2. The van der Waals surface area contributed by atoms with Crippen LogP contribution >= 0.6 is 0 Å². The molecule has 9 heteroatoms. The third kappa shape index (κ3) is 4.61. The molecule has 0 aromatic heterocycles. The molecule has 2 aliphatic carbocycles. The monoisotopic (exact) mass is 390 g/mol. The average molecular weight is 390 g/mol. The molecule has 26 heavy (non-hydrogen) atoms. The summed E-state index contributed by atoms with van der Waals surface area (Å²) in [5.41, 5.74) is 0. The van der Waals surface area contributed by atoms with Gasteiger partial charge in [-0.25, -0.2) is 17.2 Å². The van der Waals surface area contributed by atoms with Crippen LogP contribution in [0.1, 0.15) is 32.1 Å². The van der Waals surface area contributed by atoms with E-state index in [1.54, 1.807) is 0 Å². The molecule has 0 radical (unpaired) electrons. The molecule has 1 saturated carbocycles. The van der Waals surface area contributed by atoms with Gasteiger partial charge in [-0.05, 0) is 25.2 Å². The van der Waals surface area contributed by atoms with Crippen molar-refractivity contribution in [3.05, 3.63) is 12.2 Å². The lowest BCUT2D eigenvalue weighted by Gasteiger charge is -2.35. The molecule has 0 bridgehead atoms. The summed E-state index contributed by atoms with van der Waals surface area (Å²) in [5, 5.41) is 5.32. The van der Waals surface area contributed by atoms with Gasteiger partial charge in [0.2, 0.25) is 17.7 Å². The highest BCUT2D eigenvalue weighted by atomic mass is 32.2. The summed E-state index contributed by atoms with van der Waals surface area (Å²) in [5.74, 6) is -5.32. The molecule has 1 saturated heterocycles. The van der Waals surface area contributed by atoms with E-state index < -0.39 is 33.6 Å². The molecule has 6 nitrogen and oxygen atoms in total. The minimum absolute atomic E-state index is 0.110. The minimum atomic E-state index is -3.42. The molecule has 3 aliphatic rings. The molecule has 2 fully saturated rings. The van der Waals surface area contributed by atoms with E-state index in [4.69, 9.17) is 0 Å². The molecule has 2 N–H and O–H groups in total. The number of carbonyl (C=O) groups excluding carboxylic acids is 2. The first-order chi connectivity index (χ1) is 12.2. The van der Waals surface area contributed by atoms with Gasteiger partial charge in [-0.1, -0.05) is 12.2 Å². The highest BCUT2D eigenvalue weighted by Gasteiger charge is 2.46. The number of sulfone groups is 1. The summed E-state index contributed by atoms with van der Waals surface area (Å²) in [6.45, 7) is 0.110. The van der Waals surface area contributed by atoms with E-state index in [1.807, 2.05) is 12.2 Å². The van der Waals surface area contributed by atoms with E-state index >= 15 is 0 Å². The van der Waals surface area contributed by atoms with Gasteiger partial charge in [-0.3, -0.25) is 9.59 Å². The number of nitrogens with one attached hydrogen (secondary N) is 2. The number of halogens is 2. The van der Waals surface area contributed by atoms with E-state index in [-0.39, 0.29) is 48.6 Å². The van der Waals surface area contributed by atoms with Gasteiger partial charge < -0.3 is 10.6 Å². The SMILES string of the molecule is O=C(N[C@@H]1CS(=O)(=O)C[C@H]1C(=O)NCC1CC(F)(F)C1)C1CC=CCC1. The van der Waals surface area contributed by atoms with E-state index in [0.717, 1.165) is 6.42 Å². The Bertz CT molecular complexity index is 700. The quantitative estimate of drug-likeness (QED) is 0.686. The first kappa shape index (κ1) is 19.3. The molecular weight excluding hydrogens is 366 g/mol. The number of carbonyl (C=O) groups is 2. The van der Waals surface area contributed by atoms with Crippen LogP contribution in [0.5, 0.6) is 0 Å². The van der Waals surface area contributed by atoms with Crippen molar-refractivity contribution in [3.63, 3.8) is 0 Å². The lowest BCUT2D eigenvalue weighted by molar-refractivity contribution is -0.130. The fourth-order valence-corrected chi connectivity index (χ4v) is 5.82. The molecule has 0 aromatic carbocycles. The Balaban J connectivity index is 1.56. The Morgan fingerprint density at radius 2 is 1.85 bits per heavy atom. The maximum absolute atomic E-state index is 12.9. The third-order valence-electron chi connectivity index (χ3n) is 5.40. The Morgan fingerprint density at radius 3 is 2.46 bits per heavy atom. The first-order valence-corrected chi connectivity index (χ1v) is 10.8. The van der Waals surface area contributed by atoms with Gasteiger partial charge in [0.25, 0.3) is 0 Å². The van der Waals surface area contributed by atoms with Gasteiger partial charge in [0.15, 0.2) is 9.84 Å². The van der Waals surface area contributed by atoms with Crippen LogP contribution in [0.25, 0.3) is 0 Å². The number of alkyl halides is 2. The van der Waals surface area contributed by atoms with Crippen molar-refractivity contribution in [2.45, 2.75) is 44.1 Å². The standard InChI is InChI=1S/C17H24F2N2O4S/c18-17(19)6-11(7-17)8-20-16(23)13-9-26(24,25)10-14(13)21-15(22)12-4-2-1-3-5-12/h1-2,11-14H,3-10H2,(H,20,23)(H,21,22)/t12?,13-,14-/m1/s1. The van der Waals surface area contributed by atoms with Gasteiger partial charge in [0, 0.05) is 25.3 Å². The van der Waals surface area contributed by atoms with Crippen LogP contribution in [-0.4, -0.2) is 50.2 Å². The first-order valence-electron chi connectivity index (χ1n) is 8.96. The Morgan fingerprint density at radius 1 is 1.12 bits per heavy atom. The maximum Gasteiger partial charge on any atom is 0.248 e. The van der Waals surface area contributed by atoms with Crippen molar-refractivity contribution in [1.29, 1.82) is 0 Å². The molecule has 3 rings (SSSR count). The fourth-order valence-electron chi connectivity index (χ4n) is 3.89. The van der Waals surface area contributed by atoms with E-state index in [2.05, 4.69) is 10.6 Å². The minimum Gasteiger partial charge on any atom is -0.355 e. The average Bonchev–Trinajstić information content (AvgIpc) is 2.86. The van der Waals surface area contributed by atoms with Gasteiger partial charge in [0.05, 0.1) is 23.5 Å². The Labute approximate surface area is 151 Å². The number of hydrogen-bond donors (Lipinski definition) is 2. The van der Waals surface area contributed by atoms with Crippen LogP contribution in [0.4, 0.5) is 8.78 Å².